The van der Waals surface area contributed by atoms with Crippen molar-refractivity contribution >= 4 is 29.1 Å². The number of nitrogens with one attached hydrogen (secondary N) is 2. The van der Waals surface area contributed by atoms with Crippen LogP contribution in [-0.4, -0.2) is 9.97 Å². The SMILES string of the molecule is Clc1cccc(Nc2cc(-c3ccccc3)nc(NCc3ccco3)n2)c1. The standard InChI is InChI=1S/C21H17ClN4O/c22-16-8-4-9-17(12-16)24-20-13-19(15-6-2-1-3-7-15)25-21(26-20)23-14-18-10-5-11-27-18/h1-13H,14H2,(H2,23,24,25,26). The van der Waals surface area contributed by atoms with E-state index < -0.39 is 0 Å². The molecule has 4 aromatic rings. The summed E-state index contributed by atoms with van der Waals surface area (Å²) < 4.78 is 5.36. The van der Waals surface area contributed by atoms with Crippen LogP contribution in [0.15, 0.2) is 83.5 Å². The fourth-order valence-corrected chi connectivity index (χ4v) is 2.83. The molecule has 0 radical (unpaired) electrons. The second-order valence-electron chi connectivity index (χ2n) is 5.90. The van der Waals surface area contributed by atoms with Crippen LogP contribution in [0.5, 0.6) is 0 Å². The molecule has 0 fully saturated rings. The first-order valence-electron chi connectivity index (χ1n) is 8.50. The van der Waals surface area contributed by atoms with E-state index in [2.05, 4.69) is 20.6 Å². The number of nitrogens with zero attached hydrogens (tertiary/aromatic N) is 2. The normalized spacial score (nSPS) is 10.6. The number of furan rings is 1. The van der Waals surface area contributed by atoms with Gasteiger partial charge in [-0.15, -0.1) is 0 Å². The van der Waals surface area contributed by atoms with Crippen molar-refractivity contribution in [3.05, 3.63) is 89.8 Å². The second-order valence-corrected chi connectivity index (χ2v) is 6.33. The van der Waals surface area contributed by atoms with E-state index in [-0.39, 0.29) is 0 Å². The van der Waals surface area contributed by atoms with Crippen molar-refractivity contribution < 1.29 is 4.42 Å². The lowest BCUT2D eigenvalue weighted by Gasteiger charge is -2.11. The first-order chi connectivity index (χ1) is 13.3. The van der Waals surface area contributed by atoms with Crippen molar-refractivity contribution in [3.8, 4) is 11.3 Å². The number of benzene rings is 2. The van der Waals surface area contributed by atoms with E-state index in [0.29, 0.717) is 23.3 Å². The lowest BCUT2D eigenvalue weighted by Crippen LogP contribution is -2.06. The Morgan fingerprint density at radius 1 is 0.889 bits per heavy atom. The minimum absolute atomic E-state index is 0.502. The molecule has 0 aliphatic carbocycles. The Balaban J connectivity index is 1.65. The molecule has 27 heavy (non-hydrogen) atoms. The van der Waals surface area contributed by atoms with Gasteiger partial charge in [0.25, 0.3) is 0 Å². The van der Waals surface area contributed by atoms with Crippen LogP contribution < -0.4 is 10.6 Å². The number of hydrogen-bond donors (Lipinski definition) is 2. The Morgan fingerprint density at radius 2 is 1.78 bits per heavy atom. The molecule has 6 heteroatoms. The molecule has 0 bridgehead atoms. The van der Waals surface area contributed by atoms with Crippen molar-refractivity contribution in [1.82, 2.24) is 9.97 Å². The third-order valence-corrected chi connectivity index (χ3v) is 4.13. The summed E-state index contributed by atoms with van der Waals surface area (Å²) in [7, 11) is 0. The van der Waals surface area contributed by atoms with Crippen LogP contribution in [0.1, 0.15) is 5.76 Å². The molecule has 2 aromatic carbocycles. The first-order valence-corrected chi connectivity index (χ1v) is 8.87. The molecule has 5 nitrogen and oxygen atoms in total. The molecule has 0 spiro atoms. The molecule has 0 atom stereocenters. The molecule has 0 aliphatic rings. The molecular formula is C21H17ClN4O. The highest BCUT2D eigenvalue weighted by molar-refractivity contribution is 6.30. The van der Waals surface area contributed by atoms with Crippen LogP contribution in [0.4, 0.5) is 17.5 Å². The summed E-state index contributed by atoms with van der Waals surface area (Å²) in [5, 5.41) is 7.16. The Morgan fingerprint density at radius 3 is 2.56 bits per heavy atom. The average molecular weight is 377 g/mol. The summed E-state index contributed by atoms with van der Waals surface area (Å²) in [5.74, 6) is 2.00. The average Bonchev–Trinajstić information content (AvgIpc) is 3.21. The van der Waals surface area contributed by atoms with Gasteiger partial charge in [-0.05, 0) is 30.3 Å². The third-order valence-electron chi connectivity index (χ3n) is 3.89. The van der Waals surface area contributed by atoms with Gasteiger partial charge in [0, 0.05) is 22.3 Å². The molecule has 2 heterocycles. The van der Waals surface area contributed by atoms with E-state index >= 15 is 0 Å². The van der Waals surface area contributed by atoms with Gasteiger partial charge in [0.2, 0.25) is 5.95 Å². The van der Waals surface area contributed by atoms with Gasteiger partial charge in [0.15, 0.2) is 0 Å². The number of rotatable bonds is 6. The van der Waals surface area contributed by atoms with Crippen molar-refractivity contribution in [3.63, 3.8) is 0 Å². The summed E-state index contributed by atoms with van der Waals surface area (Å²) in [6, 6.07) is 23.1. The molecule has 4 rings (SSSR count). The largest absolute Gasteiger partial charge is 0.467 e. The lowest BCUT2D eigenvalue weighted by atomic mass is 10.1. The number of halogens is 1. The van der Waals surface area contributed by atoms with Gasteiger partial charge in [0.1, 0.15) is 11.6 Å². The predicted octanol–water partition coefficient (Wildman–Crippen LogP) is 5.75. The van der Waals surface area contributed by atoms with Gasteiger partial charge < -0.3 is 15.1 Å². The van der Waals surface area contributed by atoms with E-state index in [1.807, 2.05) is 72.8 Å². The van der Waals surface area contributed by atoms with E-state index in [4.69, 9.17) is 16.0 Å². The minimum Gasteiger partial charge on any atom is -0.467 e. The van der Waals surface area contributed by atoms with E-state index in [1.165, 1.54) is 0 Å². The van der Waals surface area contributed by atoms with Crippen LogP contribution in [0, 0.1) is 0 Å². The highest BCUT2D eigenvalue weighted by atomic mass is 35.5. The molecule has 2 N–H and O–H groups in total. The quantitative estimate of drug-likeness (QED) is 0.449. The number of anilines is 3. The number of hydrogen-bond acceptors (Lipinski definition) is 5. The van der Waals surface area contributed by atoms with Crippen molar-refractivity contribution in [2.75, 3.05) is 10.6 Å². The zero-order valence-electron chi connectivity index (χ0n) is 14.4. The zero-order chi connectivity index (χ0) is 18.5. The van der Waals surface area contributed by atoms with Gasteiger partial charge in [-0.25, -0.2) is 4.98 Å². The maximum absolute atomic E-state index is 6.08. The monoisotopic (exact) mass is 376 g/mol. The van der Waals surface area contributed by atoms with Crippen molar-refractivity contribution in [1.29, 1.82) is 0 Å². The third kappa shape index (κ3) is 4.46. The fourth-order valence-electron chi connectivity index (χ4n) is 2.64. The van der Waals surface area contributed by atoms with Crippen molar-refractivity contribution in [2.24, 2.45) is 0 Å². The number of aromatic nitrogens is 2. The molecule has 134 valence electrons. The fraction of sp³-hybridized carbons (Fsp3) is 0.0476. The van der Waals surface area contributed by atoms with Gasteiger partial charge in [-0.1, -0.05) is 48.0 Å². The summed E-state index contributed by atoms with van der Waals surface area (Å²) in [6.07, 6.45) is 1.64. The molecule has 0 amide bonds. The van der Waals surface area contributed by atoms with Crippen LogP contribution >= 0.6 is 11.6 Å². The highest BCUT2D eigenvalue weighted by Crippen LogP contribution is 2.25. The summed E-state index contributed by atoms with van der Waals surface area (Å²) >= 11 is 6.08. The zero-order valence-corrected chi connectivity index (χ0v) is 15.1. The van der Waals surface area contributed by atoms with E-state index in [9.17, 15) is 0 Å². The maximum Gasteiger partial charge on any atom is 0.225 e. The van der Waals surface area contributed by atoms with E-state index in [0.717, 1.165) is 22.7 Å². The predicted molar refractivity (Wildman–Crippen MR) is 108 cm³/mol. The lowest BCUT2D eigenvalue weighted by molar-refractivity contribution is 0.517. The first kappa shape index (κ1) is 17.1. The Kier molecular flexibility index (Phi) is 5.03. The van der Waals surface area contributed by atoms with Gasteiger partial charge in [-0.2, -0.15) is 4.98 Å². The van der Waals surface area contributed by atoms with Crippen molar-refractivity contribution in [2.45, 2.75) is 6.54 Å². The minimum atomic E-state index is 0.502. The molecule has 0 aliphatic heterocycles. The second kappa shape index (κ2) is 7.93. The Hall–Kier alpha value is -3.31. The smallest absolute Gasteiger partial charge is 0.225 e. The maximum atomic E-state index is 6.08. The van der Waals surface area contributed by atoms with E-state index in [1.54, 1.807) is 6.26 Å². The Bertz CT molecular complexity index is 1020. The van der Waals surface area contributed by atoms with Crippen LogP contribution in [0.25, 0.3) is 11.3 Å². The van der Waals surface area contributed by atoms with Gasteiger partial charge in [0.05, 0.1) is 18.5 Å². The van der Waals surface area contributed by atoms with Crippen LogP contribution in [-0.2, 0) is 6.54 Å². The van der Waals surface area contributed by atoms with Crippen LogP contribution in [0.2, 0.25) is 5.02 Å². The summed E-state index contributed by atoms with van der Waals surface area (Å²) in [5.41, 5.74) is 2.68. The highest BCUT2D eigenvalue weighted by Gasteiger charge is 2.08. The van der Waals surface area contributed by atoms with Crippen LogP contribution in [0.3, 0.4) is 0 Å². The molecule has 2 aromatic heterocycles. The summed E-state index contributed by atoms with van der Waals surface area (Å²) in [4.78, 5) is 9.20. The summed E-state index contributed by atoms with van der Waals surface area (Å²) in [6.45, 7) is 0.502. The molecule has 0 saturated carbocycles. The van der Waals surface area contributed by atoms with Gasteiger partial charge >= 0.3 is 0 Å². The molecular weight excluding hydrogens is 360 g/mol. The molecule has 0 saturated heterocycles. The Labute approximate surface area is 162 Å². The van der Waals surface area contributed by atoms with Gasteiger partial charge in [-0.3, -0.25) is 0 Å². The topological polar surface area (TPSA) is 63.0 Å². The molecule has 0 unspecified atom stereocenters.